The second-order valence-corrected chi connectivity index (χ2v) is 4.70. The lowest BCUT2D eigenvalue weighted by atomic mass is 9.88. The van der Waals surface area contributed by atoms with Gasteiger partial charge in [-0.25, -0.2) is 4.79 Å². The molecular formula is C15H23NO4. The Morgan fingerprint density at radius 3 is 2.75 bits per heavy atom. The van der Waals surface area contributed by atoms with E-state index in [0.29, 0.717) is 12.8 Å². The lowest BCUT2D eigenvalue weighted by molar-refractivity contribution is 0.106. The van der Waals surface area contributed by atoms with E-state index in [1.54, 1.807) is 7.11 Å². The minimum absolute atomic E-state index is 0.107. The Bertz CT molecular complexity index is 422. The van der Waals surface area contributed by atoms with Crippen molar-refractivity contribution in [2.75, 3.05) is 13.7 Å². The molecule has 0 saturated heterocycles. The van der Waals surface area contributed by atoms with E-state index in [1.165, 1.54) is 0 Å². The van der Waals surface area contributed by atoms with Gasteiger partial charge in [-0.3, -0.25) is 0 Å². The van der Waals surface area contributed by atoms with Gasteiger partial charge in [0.15, 0.2) is 0 Å². The van der Waals surface area contributed by atoms with Gasteiger partial charge < -0.3 is 20.3 Å². The molecule has 1 aromatic carbocycles. The van der Waals surface area contributed by atoms with Gasteiger partial charge >= 0.3 is 6.09 Å². The number of hydrogen-bond acceptors (Lipinski definition) is 4. The van der Waals surface area contributed by atoms with Crippen LogP contribution in [0.15, 0.2) is 24.3 Å². The Labute approximate surface area is 119 Å². The maximum absolute atomic E-state index is 10.6. The van der Waals surface area contributed by atoms with E-state index in [-0.39, 0.29) is 12.5 Å². The molecule has 0 spiro atoms. The molecule has 3 N–H and O–H groups in total. The number of nitrogens with two attached hydrogens (primary N) is 1. The summed E-state index contributed by atoms with van der Waals surface area (Å²) in [5.74, 6) is 0.636. The predicted molar refractivity (Wildman–Crippen MR) is 76.8 cm³/mol. The molecule has 0 radical (unpaired) electrons. The zero-order valence-corrected chi connectivity index (χ0v) is 12.0. The number of aliphatic hydroxyl groups is 1. The molecular weight excluding hydrogens is 258 g/mol. The first-order chi connectivity index (χ1) is 9.58. The number of amides is 1. The number of carbonyl (C=O) groups excluding carboxylic acids is 1. The Balaban J connectivity index is 2.81. The van der Waals surface area contributed by atoms with Gasteiger partial charge in [0.25, 0.3) is 0 Å². The Morgan fingerprint density at radius 2 is 2.15 bits per heavy atom. The van der Waals surface area contributed by atoms with Crippen molar-refractivity contribution in [2.24, 2.45) is 5.73 Å². The maximum Gasteiger partial charge on any atom is 0.404 e. The van der Waals surface area contributed by atoms with Crippen LogP contribution >= 0.6 is 0 Å². The van der Waals surface area contributed by atoms with Gasteiger partial charge in [0.2, 0.25) is 0 Å². The Hall–Kier alpha value is -1.75. The second kappa shape index (κ2) is 8.43. The van der Waals surface area contributed by atoms with Gasteiger partial charge in [0.1, 0.15) is 5.75 Å². The molecule has 0 heterocycles. The third-order valence-electron chi connectivity index (χ3n) is 3.24. The summed E-state index contributed by atoms with van der Waals surface area (Å²) in [5, 5.41) is 10.3. The molecule has 0 saturated carbocycles. The van der Waals surface area contributed by atoms with Crippen molar-refractivity contribution in [1.29, 1.82) is 0 Å². The first-order valence-corrected chi connectivity index (χ1v) is 6.82. The van der Waals surface area contributed by atoms with Gasteiger partial charge in [-0.15, -0.1) is 0 Å². The number of rotatable bonds is 8. The van der Waals surface area contributed by atoms with Crippen molar-refractivity contribution in [3.05, 3.63) is 29.8 Å². The molecule has 5 nitrogen and oxygen atoms in total. The van der Waals surface area contributed by atoms with Crippen LogP contribution < -0.4 is 10.5 Å². The van der Waals surface area contributed by atoms with Gasteiger partial charge in [-0.2, -0.15) is 0 Å². The number of methoxy groups -OCH3 is 1. The highest BCUT2D eigenvalue weighted by Gasteiger charge is 2.21. The number of aliphatic hydroxyl groups excluding tert-OH is 1. The van der Waals surface area contributed by atoms with Crippen LogP contribution in [0, 0.1) is 0 Å². The van der Waals surface area contributed by atoms with Gasteiger partial charge in [0, 0.05) is 5.92 Å². The predicted octanol–water partition coefficient (Wildman–Crippen LogP) is 2.43. The smallest absolute Gasteiger partial charge is 0.404 e. The molecule has 20 heavy (non-hydrogen) atoms. The van der Waals surface area contributed by atoms with E-state index in [2.05, 4.69) is 0 Å². The zero-order valence-electron chi connectivity index (χ0n) is 12.0. The van der Waals surface area contributed by atoms with Crippen molar-refractivity contribution in [3.63, 3.8) is 0 Å². The van der Waals surface area contributed by atoms with Crippen molar-refractivity contribution >= 4 is 6.09 Å². The minimum atomic E-state index is -0.792. The molecule has 0 aliphatic carbocycles. The lowest BCUT2D eigenvalue weighted by Gasteiger charge is -2.23. The van der Waals surface area contributed by atoms with E-state index in [9.17, 15) is 9.90 Å². The number of carbonyl (C=O) groups is 1. The summed E-state index contributed by atoms with van der Waals surface area (Å²) in [7, 11) is 1.60. The van der Waals surface area contributed by atoms with E-state index >= 15 is 0 Å². The average molecular weight is 281 g/mol. The summed E-state index contributed by atoms with van der Waals surface area (Å²) in [6, 6.07) is 7.57. The Morgan fingerprint density at radius 1 is 1.40 bits per heavy atom. The summed E-state index contributed by atoms with van der Waals surface area (Å²) < 4.78 is 9.98. The molecule has 1 amide bonds. The molecule has 2 unspecified atom stereocenters. The van der Waals surface area contributed by atoms with Crippen LogP contribution in [-0.2, 0) is 4.74 Å². The first-order valence-electron chi connectivity index (χ1n) is 6.82. The van der Waals surface area contributed by atoms with E-state index < -0.39 is 12.2 Å². The normalized spacial score (nSPS) is 13.6. The third kappa shape index (κ3) is 5.09. The molecule has 0 aromatic heterocycles. The van der Waals surface area contributed by atoms with E-state index in [1.807, 2.05) is 31.2 Å². The Kier molecular flexibility index (Phi) is 6.87. The van der Waals surface area contributed by atoms with Crippen molar-refractivity contribution < 1.29 is 19.4 Å². The average Bonchev–Trinajstić information content (AvgIpc) is 2.43. The number of benzene rings is 1. The van der Waals surface area contributed by atoms with Gasteiger partial charge in [-0.1, -0.05) is 25.5 Å². The minimum Gasteiger partial charge on any atom is -0.497 e. The van der Waals surface area contributed by atoms with Crippen molar-refractivity contribution in [1.82, 2.24) is 0 Å². The fourth-order valence-electron chi connectivity index (χ4n) is 2.24. The number of primary amides is 1. The molecule has 0 fully saturated rings. The molecule has 5 heteroatoms. The molecule has 0 aliphatic heterocycles. The lowest BCUT2D eigenvalue weighted by Crippen LogP contribution is -2.22. The fraction of sp³-hybridized carbons (Fsp3) is 0.533. The van der Waals surface area contributed by atoms with Crippen LogP contribution in [0.5, 0.6) is 5.75 Å². The quantitative estimate of drug-likeness (QED) is 0.766. The molecule has 2 atom stereocenters. The summed E-state index contributed by atoms with van der Waals surface area (Å²) in [6.07, 6.45) is 0.830. The molecule has 0 aliphatic rings. The summed E-state index contributed by atoms with van der Waals surface area (Å²) >= 11 is 0. The highest BCUT2D eigenvalue weighted by Crippen LogP contribution is 2.28. The molecule has 112 valence electrons. The fourth-order valence-corrected chi connectivity index (χ4v) is 2.24. The molecule has 1 rings (SSSR count). The van der Waals surface area contributed by atoms with Crippen LogP contribution in [0.3, 0.4) is 0 Å². The van der Waals surface area contributed by atoms with E-state index in [0.717, 1.165) is 17.7 Å². The number of ether oxygens (including phenoxy) is 2. The van der Waals surface area contributed by atoms with E-state index in [4.69, 9.17) is 15.2 Å². The van der Waals surface area contributed by atoms with Crippen LogP contribution in [-0.4, -0.2) is 31.0 Å². The SMILES string of the molecule is CCCC(O)C(CCOC(N)=O)c1cccc(OC)c1. The summed E-state index contributed by atoms with van der Waals surface area (Å²) in [4.78, 5) is 10.6. The van der Waals surface area contributed by atoms with Gasteiger partial charge in [0.05, 0.1) is 19.8 Å². The summed E-state index contributed by atoms with van der Waals surface area (Å²) in [5.41, 5.74) is 5.92. The highest BCUT2D eigenvalue weighted by atomic mass is 16.5. The van der Waals surface area contributed by atoms with Crippen LogP contribution in [0.1, 0.15) is 37.7 Å². The topological polar surface area (TPSA) is 81.8 Å². The van der Waals surface area contributed by atoms with Crippen LogP contribution in [0.4, 0.5) is 4.79 Å². The molecule has 0 bridgehead atoms. The largest absolute Gasteiger partial charge is 0.497 e. The second-order valence-electron chi connectivity index (χ2n) is 4.70. The number of hydrogen-bond donors (Lipinski definition) is 2. The monoisotopic (exact) mass is 281 g/mol. The van der Waals surface area contributed by atoms with Crippen molar-refractivity contribution in [2.45, 2.75) is 38.2 Å². The standard InChI is InChI=1S/C15H23NO4/c1-3-5-14(17)13(8-9-20-15(16)18)11-6-4-7-12(10-11)19-2/h4,6-7,10,13-14,17H,3,5,8-9H2,1-2H3,(H2,16,18). The van der Waals surface area contributed by atoms with Crippen LogP contribution in [0.25, 0.3) is 0 Å². The first kappa shape index (κ1) is 16.3. The maximum atomic E-state index is 10.6. The summed E-state index contributed by atoms with van der Waals surface area (Å²) in [6.45, 7) is 2.21. The van der Waals surface area contributed by atoms with Crippen LogP contribution in [0.2, 0.25) is 0 Å². The van der Waals surface area contributed by atoms with Gasteiger partial charge in [-0.05, 0) is 30.5 Å². The zero-order chi connectivity index (χ0) is 15.0. The third-order valence-corrected chi connectivity index (χ3v) is 3.24. The molecule has 1 aromatic rings. The van der Waals surface area contributed by atoms with Crippen molar-refractivity contribution in [3.8, 4) is 5.75 Å². The highest BCUT2D eigenvalue weighted by molar-refractivity contribution is 5.64.